The van der Waals surface area contributed by atoms with E-state index >= 15 is 0 Å². The lowest BCUT2D eigenvalue weighted by molar-refractivity contribution is -0.121. The molecule has 0 spiro atoms. The molecule has 3 rings (SSSR count). The second-order valence-corrected chi connectivity index (χ2v) is 7.17. The number of carbonyl (C=O) groups excluding carboxylic acids is 1. The fourth-order valence-electron chi connectivity index (χ4n) is 2.67. The minimum absolute atomic E-state index is 0.120. The smallest absolute Gasteiger partial charge is 0.335 e. The van der Waals surface area contributed by atoms with Gasteiger partial charge in [-0.3, -0.25) is 9.69 Å². The summed E-state index contributed by atoms with van der Waals surface area (Å²) in [6.45, 7) is 6.17. The summed E-state index contributed by atoms with van der Waals surface area (Å²) in [4.78, 5) is 30.5. The van der Waals surface area contributed by atoms with Crippen molar-refractivity contribution >= 4 is 40.6 Å². The van der Waals surface area contributed by atoms with E-state index in [0.717, 1.165) is 12.0 Å². The highest BCUT2D eigenvalue weighted by Crippen LogP contribution is 2.34. The van der Waals surface area contributed by atoms with Gasteiger partial charge in [-0.05, 0) is 59.7 Å². The molecule has 142 valence electrons. The molecule has 1 saturated heterocycles. The van der Waals surface area contributed by atoms with Crippen LogP contribution in [0.3, 0.4) is 0 Å². The van der Waals surface area contributed by atoms with Gasteiger partial charge < -0.3 is 5.11 Å². The number of benzene rings is 2. The molecular formula is C22H20N2O3S. The SMILES string of the molecule is C=CCN1C(=O)/C(=C/c2ccc(CC)cc2)SC1=Nc1ccc(C(=O)O)cc1. The maximum Gasteiger partial charge on any atom is 0.335 e. The molecule has 2 aromatic carbocycles. The molecule has 0 unspecified atom stereocenters. The van der Waals surface area contributed by atoms with Crippen molar-refractivity contribution < 1.29 is 14.7 Å². The van der Waals surface area contributed by atoms with Gasteiger partial charge in [-0.1, -0.05) is 37.3 Å². The van der Waals surface area contributed by atoms with Gasteiger partial charge in [0.15, 0.2) is 5.17 Å². The van der Waals surface area contributed by atoms with E-state index in [0.29, 0.717) is 22.3 Å². The standard InChI is InChI=1S/C22H20N2O3S/c1-3-13-24-20(25)19(14-16-7-5-15(4-2)6-8-16)28-22(24)23-18-11-9-17(10-12-18)21(26)27/h3,5-12,14H,1,4,13H2,2H3,(H,26,27)/b19-14-,23-22?. The molecule has 6 heteroatoms. The van der Waals surface area contributed by atoms with Crippen LogP contribution in [0.5, 0.6) is 0 Å². The summed E-state index contributed by atoms with van der Waals surface area (Å²) >= 11 is 1.30. The van der Waals surface area contributed by atoms with Gasteiger partial charge in [0.1, 0.15) is 0 Å². The van der Waals surface area contributed by atoms with Gasteiger partial charge >= 0.3 is 5.97 Å². The van der Waals surface area contributed by atoms with Crippen LogP contribution in [0.25, 0.3) is 6.08 Å². The highest BCUT2D eigenvalue weighted by molar-refractivity contribution is 8.18. The average molecular weight is 392 g/mol. The molecule has 28 heavy (non-hydrogen) atoms. The Bertz CT molecular complexity index is 960. The first kappa shape index (κ1) is 19.6. The molecule has 2 aromatic rings. The number of carbonyl (C=O) groups is 2. The van der Waals surface area contributed by atoms with Crippen LogP contribution >= 0.6 is 11.8 Å². The van der Waals surface area contributed by atoms with Crippen LogP contribution in [0.2, 0.25) is 0 Å². The predicted molar refractivity (Wildman–Crippen MR) is 114 cm³/mol. The molecule has 1 fully saturated rings. The van der Waals surface area contributed by atoms with Crippen LogP contribution in [0.1, 0.15) is 28.4 Å². The minimum atomic E-state index is -0.989. The maximum absolute atomic E-state index is 12.8. The highest BCUT2D eigenvalue weighted by atomic mass is 32.2. The first-order chi connectivity index (χ1) is 13.5. The Morgan fingerprint density at radius 1 is 1.18 bits per heavy atom. The first-order valence-electron chi connectivity index (χ1n) is 8.85. The summed E-state index contributed by atoms with van der Waals surface area (Å²) in [5.41, 5.74) is 2.98. The lowest BCUT2D eigenvalue weighted by Gasteiger charge is -2.12. The molecular weight excluding hydrogens is 372 g/mol. The number of rotatable bonds is 6. The lowest BCUT2D eigenvalue weighted by atomic mass is 10.1. The summed E-state index contributed by atoms with van der Waals surface area (Å²) in [7, 11) is 0. The second-order valence-electron chi connectivity index (χ2n) is 6.16. The van der Waals surface area contributed by atoms with E-state index in [-0.39, 0.29) is 11.5 Å². The molecule has 0 saturated carbocycles. The van der Waals surface area contributed by atoms with Crippen LogP contribution in [0, 0.1) is 0 Å². The Labute approximate surface area is 168 Å². The van der Waals surface area contributed by atoms with E-state index < -0.39 is 5.97 Å². The molecule has 1 amide bonds. The third kappa shape index (κ3) is 4.40. The largest absolute Gasteiger partial charge is 0.478 e. The van der Waals surface area contributed by atoms with Gasteiger partial charge in [-0.2, -0.15) is 0 Å². The number of hydrogen-bond acceptors (Lipinski definition) is 4. The lowest BCUT2D eigenvalue weighted by Crippen LogP contribution is -2.29. The summed E-state index contributed by atoms with van der Waals surface area (Å²) in [5, 5.41) is 9.55. The van der Waals surface area contributed by atoms with Gasteiger partial charge in [0.2, 0.25) is 0 Å². The molecule has 1 N–H and O–H groups in total. The number of thioether (sulfide) groups is 1. The van der Waals surface area contributed by atoms with Gasteiger partial charge in [0, 0.05) is 6.54 Å². The molecule has 0 bridgehead atoms. The van der Waals surface area contributed by atoms with Crippen molar-refractivity contribution in [2.45, 2.75) is 13.3 Å². The van der Waals surface area contributed by atoms with Crippen molar-refractivity contribution in [2.24, 2.45) is 4.99 Å². The van der Waals surface area contributed by atoms with Gasteiger partial charge in [0.05, 0.1) is 16.2 Å². The molecule has 0 aliphatic carbocycles. The number of carboxylic acid groups (broad SMARTS) is 1. The molecule has 0 radical (unpaired) electrons. The van der Waals surface area contributed by atoms with Crippen molar-refractivity contribution in [3.8, 4) is 0 Å². The highest BCUT2D eigenvalue weighted by Gasteiger charge is 2.32. The predicted octanol–water partition coefficient (Wildman–Crippen LogP) is 4.74. The minimum Gasteiger partial charge on any atom is -0.478 e. The number of aromatic carboxylic acids is 1. The maximum atomic E-state index is 12.8. The van der Waals surface area contributed by atoms with Gasteiger partial charge in [-0.15, -0.1) is 6.58 Å². The molecule has 0 atom stereocenters. The summed E-state index contributed by atoms with van der Waals surface area (Å²) in [6.07, 6.45) is 4.48. The van der Waals surface area contributed by atoms with E-state index in [4.69, 9.17) is 5.11 Å². The van der Waals surface area contributed by atoms with Crippen molar-refractivity contribution in [1.29, 1.82) is 0 Å². The molecule has 0 aromatic heterocycles. The molecule has 5 nitrogen and oxygen atoms in total. The van der Waals surface area contributed by atoms with Crippen LogP contribution in [-0.2, 0) is 11.2 Å². The number of hydrogen-bond donors (Lipinski definition) is 1. The summed E-state index contributed by atoms with van der Waals surface area (Å²) in [6, 6.07) is 14.3. The third-order valence-electron chi connectivity index (χ3n) is 4.22. The molecule has 1 aliphatic rings. The Hall–Kier alpha value is -3.12. The average Bonchev–Trinajstić information content (AvgIpc) is 2.98. The van der Waals surface area contributed by atoms with Crippen molar-refractivity contribution in [1.82, 2.24) is 4.90 Å². The zero-order chi connectivity index (χ0) is 20.1. The van der Waals surface area contributed by atoms with Crippen LogP contribution in [0.4, 0.5) is 5.69 Å². The second kappa shape index (κ2) is 8.71. The quantitative estimate of drug-likeness (QED) is 0.570. The fourth-order valence-corrected chi connectivity index (χ4v) is 3.68. The Balaban J connectivity index is 1.89. The molecule has 1 heterocycles. The number of aliphatic imine (C=N–C) groups is 1. The van der Waals surface area contributed by atoms with E-state index in [1.165, 1.54) is 29.5 Å². The Morgan fingerprint density at radius 3 is 2.43 bits per heavy atom. The van der Waals surface area contributed by atoms with Crippen molar-refractivity contribution in [2.75, 3.05) is 6.54 Å². The third-order valence-corrected chi connectivity index (χ3v) is 5.23. The van der Waals surface area contributed by atoms with Crippen LogP contribution in [-0.4, -0.2) is 33.6 Å². The van der Waals surface area contributed by atoms with E-state index in [2.05, 4.69) is 30.6 Å². The van der Waals surface area contributed by atoms with Gasteiger partial charge in [0.25, 0.3) is 5.91 Å². The number of amidine groups is 1. The number of nitrogens with zero attached hydrogens (tertiary/aromatic N) is 2. The number of amides is 1. The number of carboxylic acids is 1. The molecule has 1 aliphatic heterocycles. The summed E-state index contributed by atoms with van der Waals surface area (Å²) in [5.74, 6) is -1.11. The van der Waals surface area contributed by atoms with Crippen molar-refractivity contribution in [3.63, 3.8) is 0 Å². The Morgan fingerprint density at radius 2 is 1.86 bits per heavy atom. The van der Waals surface area contributed by atoms with Crippen molar-refractivity contribution in [3.05, 3.63) is 82.8 Å². The topological polar surface area (TPSA) is 70.0 Å². The fraction of sp³-hybridized carbons (Fsp3) is 0.136. The zero-order valence-corrected chi connectivity index (χ0v) is 16.3. The monoisotopic (exact) mass is 392 g/mol. The number of aryl methyl sites for hydroxylation is 1. The summed E-state index contributed by atoms with van der Waals surface area (Å²) < 4.78 is 0. The van der Waals surface area contributed by atoms with E-state index in [1.54, 1.807) is 23.1 Å². The van der Waals surface area contributed by atoms with Crippen LogP contribution in [0.15, 0.2) is 71.1 Å². The van der Waals surface area contributed by atoms with E-state index in [9.17, 15) is 9.59 Å². The Kier molecular flexibility index (Phi) is 6.11. The first-order valence-corrected chi connectivity index (χ1v) is 9.66. The zero-order valence-electron chi connectivity index (χ0n) is 15.5. The van der Waals surface area contributed by atoms with E-state index in [1.807, 2.05) is 18.2 Å². The van der Waals surface area contributed by atoms with Gasteiger partial charge in [-0.25, -0.2) is 9.79 Å². The normalized spacial score (nSPS) is 16.8. The van der Waals surface area contributed by atoms with Crippen LogP contribution < -0.4 is 0 Å².